The number of aliphatic hydroxyl groups excluding tert-OH is 1. The molecular weight excluding hydrogens is 554 g/mol. The van der Waals surface area contributed by atoms with Crippen LogP contribution in [-0.2, 0) is 14.4 Å². The minimum Gasteiger partial charge on any atom is -0.396 e. The summed E-state index contributed by atoms with van der Waals surface area (Å²) in [6, 6.07) is -0.483. The Bertz CT molecular complexity index is 897. The smallest absolute Gasteiger partial charge is 0.247 e. The molecule has 0 aromatic carbocycles. The van der Waals surface area contributed by atoms with Gasteiger partial charge < -0.3 is 19.8 Å². The molecule has 1 spiro atoms. The Hall–Kier alpha value is -1.32. The zero-order valence-corrected chi connectivity index (χ0v) is 24.4. The van der Waals surface area contributed by atoms with Crippen LogP contribution in [0.3, 0.4) is 0 Å². The van der Waals surface area contributed by atoms with Crippen molar-refractivity contribution < 1.29 is 19.5 Å². The van der Waals surface area contributed by atoms with Gasteiger partial charge in [0.1, 0.15) is 6.04 Å². The van der Waals surface area contributed by atoms with Crippen LogP contribution in [0, 0.1) is 11.8 Å². The summed E-state index contributed by atoms with van der Waals surface area (Å²) in [5.41, 5.74) is 0. The number of carbonyl (C=O) groups excluding carboxylic acids is 3. The molecule has 4 rings (SSSR count). The number of aliphatic hydroxyl groups is 1. The van der Waals surface area contributed by atoms with Crippen LogP contribution in [0.15, 0.2) is 25.3 Å². The van der Waals surface area contributed by atoms with Crippen LogP contribution in [0.1, 0.15) is 58.3 Å². The molecule has 1 saturated carbocycles. The molecular formula is C28H42BrN3O4S. The Morgan fingerprint density at radius 1 is 1.19 bits per heavy atom. The fraction of sp³-hybridized carbons (Fsp3) is 0.750. The molecule has 1 N–H and O–H groups in total. The summed E-state index contributed by atoms with van der Waals surface area (Å²) >= 11 is 5.54. The van der Waals surface area contributed by atoms with Crippen LogP contribution < -0.4 is 0 Å². The van der Waals surface area contributed by atoms with E-state index in [4.69, 9.17) is 0 Å². The van der Waals surface area contributed by atoms with Crippen molar-refractivity contribution in [2.24, 2.45) is 11.8 Å². The standard InChI is InChI=1S/C28H42BrN3O4S/c1-4-13-30(14-5-2)25(34)21-22-26(35)32(16-10-17-33)24(28(22)18-20(29)23(21)37-28)27(36)31(15-6-3)19-11-8-7-9-12-19/h4,6,19-24,33H,1,3,5,7-18H2,2H3/t20?,21-,22-,23-,24?,28?/m0/s1. The van der Waals surface area contributed by atoms with Crippen molar-refractivity contribution in [3.63, 3.8) is 0 Å². The van der Waals surface area contributed by atoms with Gasteiger partial charge in [0.15, 0.2) is 0 Å². The predicted molar refractivity (Wildman–Crippen MR) is 151 cm³/mol. The van der Waals surface area contributed by atoms with Gasteiger partial charge in [0.05, 0.1) is 16.6 Å². The first-order valence-corrected chi connectivity index (χ1v) is 15.7. The van der Waals surface area contributed by atoms with Gasteiger partial charge in [-0.1, -0.05) is 54.3 Å². The first-order chi connectivity index (χ1) is 17.9. The Balaban J connectivity index is 1.73. The highest BCUT2D eigenvalue weighted by molar-refractivity contribution is 9.09. The van der Waals surface area contributed by atoms with E-state index in [9.17, 15) is 19.5 Å². The molecule has 9 heteroatoms. The average molecular weight is 597 g/mol. The number of hydrogen-bond acceptors (Lipinski definition) is 5. The molecule has 3 unspecified atom stereocenters. The van der Waals surface area contributed by atoms with E-state index in [0.29, 0.717) is 39.0 Å². The minimum absolute atomic E-state index is 0.00550. The van der Waals surface area contributed by atoms with Crippen molar-refractivity contribution in [2.45, 2.75) is 85.2 Å². The zero-order chi connectivity index (χ0) is 26.7. The van der Waals surface area contributed by atoms with E-state index < -0.39 is 22.6 Å². The predicted octanol–water partition coefficient (Wildman–Crippen LogP) is 3.61. The summed E-state index contributed by atoms with van der Waals surface area (Å²) in [5.74, 6) is -1.12. The molecule has 2 bridgehead atoms. The second kappa shape index (κ2) is 12.2. The number of amides is 3. The topological polar surface area (TPSA) is 81.2 Å². The van der Waals surface area contributed by atoms with E-state index in [2.05, 4.69) is 29.1 Å². The lowest BCUT2D eigenvalue weighted by Crippen LogP contribution is -2.58. The van der Waals surface area contributed by atoms with Crippen molar-refractivity contribution in [2.75, 3.05) is 32.8 Å². The highest BCUT2D eigenvalue weighted by atomic mass is 79.9. The maximum atomic E-state index is 14.5. The number of fused-ring (bicyclic) bond motifs is 1. The van der Waals surface area contributed by atoms with Gasteiger partial charge in [0.25, 0.3) is 0 Å². The van der Waals surface area contributed by atoms with E-state index in [1.165, 1.54) is 6.42 Å². The lowest BCUT2D eigenvalue weighted by atomic mass is 9.70. The largest absolute Gasteiger partial charge is 0.396 e. The Morgan fingerprint density at radius 3 is 2.51 bits per heavy atom. The third-order valence-corrected chi connectivity index (χ3v) is 11.9. The van der Waals surface area contributed by atoms with Gasteiger partial charge in [-0.05, 0) is 32.1 Å². The van der Waals surface area contributed by atoms with E-state index in [0.717, 1.165) is 32.1 Å². The van der Waals surface area contributed by atoms with Crippen LogP contribution in [0.2, 0.25) is 0 Å². The Kier molecular flexibility index (Phi) is 9.49. The molecule has 0 aromatic heterocycles. The summed E-state index contributed by atoms with van der Waals surface area (Å²) in [4.78, 5) is 48.1. The van der Waals surface area contributed by atoms with Crippen LogP contribution in [0.4, 0.5) is 0 Å². The summed E-state index contributed by atoms with van der Waals surface area (Å²) < 4.78 is -0.650. The first-order valence-electron chi connectivity index (χ1n) is 13.9. The van der Waals surface area contributed by atoms with Gasteiger partial charge in [0.2, 0.25) is 17.7 Å². The highest BCUT2D eigenvalue weighted by Gasteiger charge is 2.76. The number of halogens is 1. The molecule has 37 heavy (non-hydrogen) atoms. The number of rotatable bonds is 12. The molecule has 3 aliphatic heterocycles. The summed E-state index contributed by atoms with van der Waals surface area (Å²) in [6.07, 6.45) is 10.8. The molecule has 0 radical (unpaired) electrons. The van der Waals surface area contributed by atoms with Gasteiger partial charge in [-0.15, -0.1) is 24.9 Å². The van der Waals surface area contributed by atoms with Gasteiger partial charge >= 0.3 is 0 Å². The van der Waals surface area contributed by atoms with Crippen LogP contribution in [0.25, 0.3) is 0 Å². The maximum Gasteiger partial charge on any atom is 0.247 e. The molecule has 3 saturated heterocycles. The van der Waals surface area contributed by atoms with Crippen molar-refractivity contribution in [3.05, 3.63) is 25.3 Å². The maximum absolute atomic E-state index is 14.5. The number of nitrogens with zero attached hydrogens (tertiary/aromatic N) is 3. The lowest BCUT2D eigenvalue weighted by Gasteiger charge is -2.41. The number of alkyl halides is 1. The summed E-state index contributed by atoms with van der Waals surface area (Å²) in [5, 5.41) is 9.56. The molecule has 4 fully saturated rings. The number of likely N-dealkylation sites (tertiary alicyclic amines) is 1. The van der Waals surface area contributed by atoms with E-state index in [1.54, 1.807) is 28.8 Å². The summed E-state index contributed by atoms with van der Waals surface area (Å²) in [7, 11) is 0. The summed E-state index contributed by atoms with van der Waals surface area (Å²) in [6.45, 7) is 11.6. The van der Waals surface area contributed by atoms with Crippen molar-refractivity contribution in [3.8, 4) is 0 Å². The van der Waals surface area contributed by atoms with Crippen LogP contribution in [-0.4, -0.2) is 97.2 Å². The molecule has 3 heterocycles. The molecule has 3 amide bonds. The first kappa shape index (κ1) is 28.7. The molecule has 206 valence electrons. The quantitative estimate of drug-likeness (QED) is 0.275. The molecule has 7 nitrogen and oxygen atoms in total. The number of hydrogen-bond donors (Lipinski definition) is 1. The normalized spacial score (nSPS) is 32.9. The van der Waals surface area contributed by atoms with Crippen molar-refractivity contribution in [1.29, 1.82) is 0 Å². The lowest BCUT2D eigenvalue weighted by molar-refractivity contribution is -0.145. The monoisotopic (exact) mass is 595 g/mol. The van der Waals surface area contributed by atoms with Crippen LogP contribution in [0.5, 0.6) is 0 Å². The molecule has 0 aromatic rings. The zero-order valence-electron chi connectivity index (χ0n) is 22.0. The van der Waals surface area contributed by atoms with Gasteiger partial charge in [0, 0.05) is 48.9 Å². The Morgan fingerprint density at radius 2 is 1.89 bits per heavy atom. The third-order valence-electron chi connectivity index (χ3n) is 8.64. The number of thioether (sulfide) groups is 1. The second-order valence-corrected chi connectivity index (χ2v) is 13.6. The van der Waals surface area contributed by atoms with Crippen LogP contribution >= 0.6 is 27.7 Å². The molecule has 6 atom stereocenters. The van der Waals surface area contributed by atoms with E-state index >= 15 is 0 Å². The van der Waals surface area contributed by atoms with E-state index in [1.807, 2.05) is 16.7 Å². The second-order valence-electron chi connectivity index (χ2n) is 10.9. The van der Waals surface area contributed by atoms with Crippen molar-refractivity contribution >= 4 is 45.4 Å². The van der Waals surface area contributed by atoms with Gasteiger partial charge in [-0.2, -0.15) is 0 Å². The third kappa shape index (κ3) is 5.05. The van der Waals surface area contributed by atoms with E-state index in [-0.39, 0.29) is 40.4 Å². The SMILES string of the molecule is C=CCN(CCC)C(=O)[C@H]1[C@H]2C(=O)N(CCCO)C(C(=O)N(CC=C)C3CCCCC3)C23CC(Br)[C@@H]1S3. The molecule has 4 aliphatic rings. The molecule has 1 aliphatic carbocycles. The fourth-order valence-electron chi connectivity index (χ4n) is 7.21. The fourth-order valence-corrected chi connectivity index (χ4v) is 10.8. The van der Waals surface area contributed by atoms with Gasteiger partial charge in [-0.3, -0.25) is 14.4 Å². The van der Waals surface area contributed by atoms with Gasteiger partial charge in [-0.25, -0.2) is 0 Å². The highest BCUT2D eigenvalue weighted by Crippen LogP contribution is 2.68. The number of carbonyl (C=O) groups is 3. The average Bonchev–Trinajstić information content (AvgIpc) is 3.49. The minimum atomic E-state index is -0.650. The van der Waals surface area contributed by atoms with Crippen molar-refractivity contribution in [1.82, 2.24) is 14.7 Å². The Labute approximate surface area is 234 Å².